The average molecular weight is 463 g/mol. The number of hydrogen-bond acceptors (Lipinski definition) is 7. The van der Waals surface area contributed by atoms with E-state index in [4.69, 9.17) is 5.73 Å². The number of carbonyl (C=O) groups excluding carboxylic acids is 2. The summed E-state index contributed by atoms with van der Waals surface area (Å²) in [5, 5.41) is 13.9. The third-order valence-electron chi connectivity index (χ3n) is 5.32. The number of nitrogens with one attached hydrogen (secondary N) is 1. The van der Waals surface area contributed by atoms with Crippen LogP contribution in [0, 0.1) is 10.1 Å². The molecule has 0 aromatic heterocycles. The highest BCUT2D eigenvalue weighted by Crippen LogP contribution is 2.17. The van der Waals surface area contributed by atoms with Crippen LogP contribution in [0.25, 0.3) is 0 Å². The number of allylic oxidation sites excluding steroid dienone is 1. The molecule has 10 heteroatoms. The molecule has 2 aromatic rings. The van der Waals surface area contributed by atoms with Crippen molar-refractivity contribution in [3.63, 3.8) is 0 Å². The Bertz CT molecular complexity index is 1130. The molecule has 1 heterocycles. The molecule has 176 valence electrons. The maximum absolute atomic E-state index is 12.8. The highest BCUT2D eigenvalue weighted by atomic mass is 16.6. The van der Waals surface area contributed by atoms with Gasteiger partial charge < -0.3 is 20.9 Å². The van der Waals surface area contributed by atoms with Gasteiger partial charge in [0.25, 0.3) is 11.6 Å². The van der Waals surface area contributed by atoms with Crippen LogP contribution >= 0.6 is 0 Å². The summed E-state index contributed by atoms with van der Waals surface area (Å²) in [6.07, 6.45) is 2.89. The number of nitro benzene ring substituents is 1. The Balaban J connectivity index is 1.65. The lowest BCUT2D eigenvalue weighted by Crippen LogP contribution is -2.50. The van der Waals surface area contributed by atoms with Gasteiger partial charge in [-0.3, -0.25) is 19.7 Å². The maximum Gasteiger partial charge on any atom is 0.269 e. The largest absolute Gasteiger partial charge is 0.405 e. The van der Waals surface area contributed by atoms with Crippen molar-refractivity contribution in [2.24, 2.45) is 10.7 Å². The Hall–Kier alpha value is -4.47. The van der Waals surface area contributed by atoms with Gasteiger partial charge in [-0.25, -0.2) is 4.99 Å². The van der Waals surface area contributed by atoms with Crippen molar-refractivity contribution in [1.29, 1.82) is 0 Å². The Morgan fingerprint density at radius 3 is 2.12 bits per heavy atom. The van der Waals surface area contributed by atoms with Gasteiger partial charge in [0, 0.05) is 62.0 Å². The topological polar surface area (TPSA) is 134 Å². The number of non-ortho nitro benzene ring substituents is 1. The zero-order valence-electron chi connectivity index (χ0n) is 18.8. The lowest BCUT2D eigenvalue weighted by Gasteiger charge is -2.34. The number of rotatable bonds is 7. The average Bonchev–Trinajstić information content (AvgIpc) is 2.84. The fraction of sp³-hybridized carbons (Fsp3) is 0.208. The highest BCUT2D eigenvalue weighted by molar-refractivity contribution is 6.09. The number of anilines is 1. The van der Waals surface area contributed by atoms with Crippen LogP contribution in [0.3, 0.4) is 0 Å². The fourth-order valence-corrected chi connectivity index (χ4v) is 3.49. The molecule has 0 radical (unpaired) electrons. The molecule has 0 saturated carbocycles. The minimum atomic E-state index is -0.472. The number of benzene rings is 2. The number of nitrogens with two attached hydrogens (primary N) is 1. The van der Waals surface area contributed by atoms with E-state index in [-0.39, 0.29) is 17.5 Å². The van der Waals surface area contributed by atoms with E-state index >= 15 is 0 Å². The molecule has 0 aliphatic carbocycles. The summed E-state index contributed by atoms with van der Waals surface area (Å²) < 4.78 is 0. The Kier molecular flexibility index (Phi) is 7.75. The van der Waals surface area contributed by atoms with Gasteiger partial charge in [0.1, 0.15) is 5.82 Å². The first-order valence-corrected chi connectivity index (χ1v) is 10.6. The van der Waals surface area contributed by atoms with Gasteiger partial charge in [-0.1, -0.05) is 6.58 Å². The lowest BCUT2D eigenvalue weighted by molar-refractivity contribution is -0.384. The SMILES string of the molecule is C=C(N=C(/C=C\N)c1ccc([N+](=O)[O-])cc1)Nc1ccc(C(=O)N2CCN(C(C)=O)CC2)cc1. The zero-order valence-corrected chi connectivity index (χ0v) is 18.8. The summed E-state index contributed by atoms with van der Waals surface area (Å²) in [6, 6.07) is 12.9. The molecule has 0 atom stereocenters. The fourth-order valence-electron chi connectivity index (χ4n) is 3.49. The number of aliphatic imine (C=N–C) groups is 1. The summed E-state index contributed by atoms with van der Waals surface area (Å²) in [7, 11) is 0. The van der Waals surface area contributed by atoms with Gasteiger partial charge in [0.2, 0.25) is 5.91 Å². The van der Waals surface area contributed by atoms with Crippen molar-refractivity contribution in [3.8, 4) is 0 Å². The Labute approximate surface area is 197 Å². The third kappa shape index (κ3) is 6.06. The second-order valence-electron chi connectivity index (χ2n) is 7.61. The number of carbonyl (C=O) groups is 2. The van der Waals surface area contributed by atoms with E-state index in [9.17, 15) is 19.7 Å². The van der Waals surface area contributed by atoms with Crippen LogP contribution in [0.5, 0.6) is 0 Å². The second kappa shape index (κ2) is 10.9. The number of nitro groups is 1. The van der Waals surface area contributed by atoms with Gasteiger partial charge >= 0.3 is 0 Å². The van der Waals surface area contributed by atoms with E-state index < -0.39 is 4.92 Å². The van der Waals surface area contributed by atoms with Crippen molar-refractivity contribution in [2.45, 2.75) is 6.92 Å². The predicted octanol–water partition coefficient (Wildman–Crippen LogP) is 2.74. The van der Waals surface area contributed by atoms with Crippen LogP contribution < -0.4 is 11.1 Å². The van der Waals surface area contributed by atoms with Gasteiger partial charge in [-0.2, -0.15) is 0 Å². The smallest absolute Gasteiger partial charge is 0.269 e. The maximum atomic E-state index is 12.8. The van der Waals surface area contributed by atoms with E-state index in [0.717, 1.165) is 0 Å². The first kappa shape index (κ1) is 24.2. The molecule has 2 aromatic carbocycles. The number of amides is 2. The van der Waals surface area contributed by atoms with Crippen LogP contribution in [0.1, 0.15) is 22.8 Å². The molecule has 1 aliphatic rings. The molecule has 0 bridgehead atoms. The Morgan fingerprint density at radius 2 is 1.59 bits per heavy atom. The molecule has 1 saturated heterocycles. The van der Waals surface area contributed by atoms with Gasteiger partial charge in [0.15, 0.2) is 0 Å². The monoisotopic (exact) mass is 462 g/mol. The molecule has 10 nitrogen and oxygen atoms in total. The third-order valence-corrected chi connectivity index (χ3v) is 5.32. The predicted molar refractivity (Wildman–Crippen MR) is 130 cm³/mol. The Morgan fingerprint density at radius 1 is 1.03 bits per heavy atom. The molecule has 1 fully saturated rings. The van der Waals surface area contributed by atoms with Crippen LogP contribution in [0.15, 0.2) is 78.2 Å². The van der Waals surface area contributed by atoms with Crippen molar-refractivity contribution in [1.82, 2.24) is 9.80 Å². The molecular formula is C24H26N6O4. The first-order valence-electron chi connectivity index (χ1n) is 10.6. The number of hydrogen-bond donors (Lipinski definition) is 2. The van der Waals surface area contributed by atoms with Gasteiger partial charge in [0.05, 0.1) is 10.6 Å². The van der Waals surface area contributed by atoms with Crippen molar-refractivity contribution in [3.05, 3.63) is 94.4 Å². The van der Waals surface area contributed by atoms with Crippen LogP contribution in [-0.2, 0) is 4.79 Å². The minimum absolute atomic E-state index is 0.0177. The van der Waals surface area contributed by atoms with Gasteiger partial charge in [-0.05, 0) is 48.7 Å². The molecule has 3 rings (SSSR count). The van der Waals surface area contributed by atoms with E-state index in [1.165, 1.54) is 25.3 Å². The first-order chi connectivity index (χ1) is 16.3. The molecule has 0 spiro atoms. The molecule has 34 heavy (non-hydrogen) atoms. The molecule has 2 amide bonds. The zero-order chi connectivity index (χ0) is 24.7. The van der Waals surface area contributed by atoms with E-state index in [1.54, 1.807) is 52.3 Å². The lowest BCUT2D eigenvalue weighted by atomic mass is 10.1. The second-order valence-corrected chi connectivity index (χ2v) is 7.61. The van der Waals surface area contributed by atoms with Crippen LogP contribution in [0.2, 0.25) is 0 Å². The number of piperazine rings is 1. The molecule has 0 unspecified atom stereocenters. The highest BCUT2D eigenvalue weighted by Gasteiger charge is 2.23. The summed E-state index contributed by atoms with van der Waals surface area (Å²) >= 11 is 0. The molecule has 3 N–H and O–H groups in total. The van der Waals surface area contributed by atoms with Gasteiger partial charge in [-0.15, -0.1) is 0 Å². The quantitative estimate of drug-likeness (QED) is 0.369. The van der Waals surface area contributed by atoms with E-state index in [0.29, 0.717) is 54.5 Å². The van der Waals surface area contributed by atoms with E-state index in [1.807, 2.05) is 0 Å². The summed E-state index contributed by atoms with van der Waals surface area (Å²) in [5.74, 6) is 0.259. The van der Waals surface area contributed by atoms with Crippen LogP contribution in [0.4, 0.5) is 11.4 Å². The standard InChI is InChI=1S/C24H26N6O4/c1-17(27-23(11-12-25)19-5-9-22(10-6-19)30(33)34)26-21-7-3-20(4-8-21)24(32)29-15-13-28(14-16-29)18(2)31/h3-12,26H,1,13-16,25H2,2H3/b12-11-,27-23?. The summed E-state index contributed by atoms with van der Waals surface area (Å²) in [6.45, 7) is 7.51. The molecule has 1 aliphatic heterocycles. The summed E-state index contributed by atoms with van der Waals surface area (Å²) in [5.41, 5.74) is 7.86. The molecular weight excluding hydrogens is 436 g/mol. The van der Waals surface area contributed by atoms with Crippen molar-refractivity contribution in [2.75, 3.05) is 31.5 Å². The minimum Gasteiger partial charge on any atom is -0.405 e. The van der Waals surface area contributed by atoms with Crippen LogP contribution in [-0.4, -0.2) is 58.4 Å². The van der Waals surface area contributed by atoms with Crippen molar-refractivity contribution >= 4 is 28.9 Å². The van der Waals surface area contributed by atoms with E-state index in [2.05, 4.69) is 16.9 Å². The summed E-state index contributed by atoms with van der Waals surface area (Å²) in [4.78, 5) is 42.5. The van der Waals surface area contributed by atoms with Crippen molar-refractivity contribution < 1.29 is 14.5 Å². The number of nitrogens with zero attached hydrogens (tertiary/aromatic N) is 4. The normalized spacial score (nSPS) is 14.2.